The van der Waals surface area contributed by atoms with Crippen LogP contribution in [0.2, 0.25) is 0 Å². The largest absolute Gasteiger partial charge is 0.496 e. The molecule has 5 aliphatic rings. The SMILES string of the molecule is COc1c2c(c(OC)c3cc4ccccc4cc13)[C@@H]1C[C@H]2[C@@H]2[C@H]1[C@@]1(COS(C)(=O)=O)[C@H]3C=C[C@H](C3)[C@@]21COS(C)(=O)=O. The van der Waals surface area contributed by atoms with Gasteiger partial charge in [-0.3, -0.25) is 8.37 Å². The maximum Gasteiger partial charge on any atom is 0.264 e. The van der Waals surface area contributed by atoms with E-state index in [-0.39, 0.29) is 48.7 Å². The molecule has 3 fully saturated rings. The van der Waals surface area contributed by atoms with E-state index >= 15 is 0 Å². The molecule has 8 rings (SSSR count). The third kappa shape index (κ3) is 3.19. The van der Waals surface area contributed by atoms with Crippen molar-refractivity contribution in [2.45, 2.75) is 24.7 Å². The van der Waals surface area contributed by atoms with E-state index in [0.717, 1.165) is 69.5 Å². The Hall–Kier alpha value is -2.66. The zero-order valence-corrected chi connectivity index (χ0v) is 25.6. The molecule has 8 atom stereocenters. The summed E-state index contributed by atoms with van der Waals surface area (Å²) in [6, 6.07) is 12.6. The van der Waals surface area contributed by atoms with Crippen LogP contribution in [0.4, 0.5) is 0 Å². The molecule has 3 aromatic rings. The van der Waals surface area contributed by atoms with Crippen molar-refractivity contribution in [3.05, 3.63) is 59.7 Å². The standard InChI is InChI=1S/C32H34O8S2/c1-37-29-21-11-17-7-5-6-8-18(17)12-22(21)30(38-2)26-24-14-23(25(26)29)27-28(24)32(16-40-42(4,35)36)20-10-9-19(13-20)31(27,32)15-39-41(3,33)34/h5-12,19-20,23-24,27-28H,13-16H2,1-4H3/t19-,20+,23-,24+,27-,28+,31+,32-. The molecule has 3 saturated carbocycles. The zero-order valence-electron chi connectivity index (χ0n) is 24.0. The first-order valence-corrected chi connectivity index (χ1v) is 18.1. The number of allylic oxidation sites excluding steroid dienone is 2. The van der Waals surface area contributed by atoms with Crippen molar-refractivity contribution in [3.63, 3.8) is 0 Å². The first-order chi connectivity index (χ1) is 19.9. The maximum atomic E-state index is 12.4. The molecular formula is C32H34O8S2. The fraction of sp³-hybridized carbons (Fsp3) is 0.500. The van der Waals surface area contributed by atoms with Gasteiger partial charge in [0.15, 0.2) is 0 Å². The summed E-state index contributed by atoms with van der Waals surface area (Å²) in [5.41, 5.74) is 1.15. The average Bonchev–Trinajstić information content (AvgIpc) is 3.68. The molecule has 5 aliphatic carbocycles. The second-order valence-electron chi connectivity index (χ2n) is 13.0. The Morgan fingerprint density at radius 3 is 1.52 bits per heavy atom. The van der Waals surface area contributed by atoms with Gasteiger partial charge in [-0.2, -0.15) is 16.8 Å². The van der Waals surface area contributed by atoms with Crippen molar-refractivity contribution in [2.24, 2.45) is 34.5 Å². The summed E-state index contributed by atoms with van der Waals surface area (Å²) in [6.07, 6.45) is 8.26. The Bertz CT molecular complexity index is 1800. The second kappa shape index (κ2) is 8.49. The molecule has 0 N–H and O–H groups in total. The Morgan fingerprint density at radius 2 is 1.14 bits per heavy atom. The molecule has 4 bridgehead atoms. The first-order valence-electron chi connectivity index (χ1n) is 14.4. The fourth-order valence-corrected chi connectivity index (χ4v) is 11.4. The lowest BCUT2D eigenvalue weighted by atomic mass is 9.33. The van der Waals surface area contributed by atoms with Crippen molar-refractivity contribution in [1.82, 2.24) is 0 Å². The predicted octanol–water partition coefficient (Wildman–Crippen LogP) is 4.97. The quantitative estimate of drug-likeness (QED) is 0.152. The number of benzene rings is 3. The summed E-state index contributed by atoms with van der Waals surface area (Å²) < 4.78 is 73.2. The summed E-state index contributed by atoms with van der Waals surface area (Å²) in [6.45, 7) is 0.0315. The Balaban J connectivity index is 1.38. The fourth-order valence-electron chi connectivity index (χ4n) is 10.6. The van der Waals surface area contributed by atoms with Crippen molar-refractivity contribution < 1.29 is 34.7 Å². The Labute approximate surface area is 246 Å². The third-order valence-corrected chi connectivity index (χ3v) is 12.6. The minimum Gasteiger partial charge on any atom is -0.496 e. The lowest BCUT2D eigenvalue weighted by Crippen LogP contribution is -2.72. The zero-order chi connectivity index (χ0) is 29.4. The van der Waals surface area contributed by atoms with Crippen LogP contribution in [0.1, 0.15) is 35.8 Å². The van der Waals surface area contributed by atoms with Crippen LogP contribution in [0.5, 0.6) is 11.5 Å². The van der Waals surface area contributed by atoms with Gasteiger partial charge in [-0.1, -0.05) is 36.4 Å². The summed E-state index contributed by atoms with van der Waals surface area (Å²) in [5.74, 6) is 2.23. The van der Waals surface area contributed by atoms with E-state index in [4.69, 9.17) is 17.8 Å². The van der Waals surface area contributed by atoms with E-state index in [1.165, 1.54) is 0 Å². The van der Waals surface area contributed by atoms with Crippen molar-refractivity contribution in [2.75, 3.05) is 39.9 Å². The number of methoxy groups -OCH3 is 2. The minimum absolute atomic E-state index is 0.0157. The van der Waals surface area contributed by atoms with Crippen LogP contribution in [0.3, 0.4) is 0 Å². The van der Waals surface area contributed by atoms with Crippen molar-refractivity contribution in [1.29, 1.82) is 0 Å². The molecule has 0 spiro atoms. The van der Waals surface area contributed by atoms with Gasteiger partial charge in [-0.05, 0) is 71.3 Å². The van der Waals surface area contributed by atoms with Crippen LogP contribution in [0.25, 0.3) is 21.5 Å². The topological polar surface area (TPSA) is 105 Å². The molecule has 0 heterocycles. The number of hydrogen-bond donors (Lipinski definition) is 0. The van der Waals surface area contributed by atoms with E-state index in [1.54, 1.807) is 14.2 Å². The van der Waals surface area contributed by atoms with Crippen LogP contribution in [0.15, 0.2) is 48.6 Å². The molecule has 8 nitrogen and oxygen atoms in total. The molecule has 0 aromatic heterocycles. The van der Waals surface area contributed by atoms with Crippen LogP contribution in [-0.2, 0) is 28.6 Å². The van der Waals surface area contributed by atoms with Gasteiger partial charge in [0, 0.05) is 32.7 Å². The summed E-state index contributed by atoms with van der Waals surface area (Å²) in [7, 11) is -4.03. The van der Waals surface area contributed by atoms with E-state index in [2.05, 4.69) is 36.4 Å². The monoisotopic (exact) mass is 610 g/mol. The molecule has 3 aromatic carbocycles. The van der Waals surface area contributed by atoms with Crippen LogP contribution in [-0.4, -0.2) is 56.8 Å². The average molecular weight is 611 g/mol. The number of rotatable bonds is 8. The highest BCUT2D eigenvalue weighted by Crippen LogP contribution is 2.89. The first kappa shape index (κ1) is 26.9. The van der Waals surface area contributed by atoms with Gasteiger partial charge >= 0.3 is 0 Å². The van der Waals surface area contributed by atoms with Crippen molar-refractivity contribution in [3.8, 4) is 11.5 Å². The van der Waals surface area contributed by atoms with Gasteiger partial charge in [-0.15, -0.1) is 0 Å². The highest BCUT2D eigenvalue weighted by molar-refractivity contribution is 7.86. The summed E-state index contributed by atoms with van der Waals surface area (Å²) >= 11 is 0. The maximum absolute atomic E-state index is 12.4. The number of hydrogen-bond acceptors (Lipinski definition) is 8. The molecule has 42 heavy (non-hydrogen) atoms. The second-order valence-corrected chi connectivity index (χ2v) is 16.3. The normalized spacial score (nSPS) is 35.3. The third-order valence-electron chi connectivity index (χ3n) is 11.6. The molecule has 0 unspecified atom stereocenters. The summed E-state index contributed by atoms with van der Waals surface area (Å²) in [5, 5.41) is 4.22. The lowest BCUT2D eigenvalue weighted by molar-refractivity contribution is -0.244. The van der Waals surface area contributed by atoms with E-state index < -0.39 is 31.1 Å². The van der Waals surface area contributed by atoms with E-state index in [0.29, 0.717) is 0 Å². The molecule has 10 heteroatoms. The van der Waals surface area contributed by atoms with Gasteiger partial charge in [-0.25, -0.2) is 0 Å². The number of ether oxygens (including phenoxy) is 2. The predicted molar refractivity (Wildman–Crippen MR) is 159 cm³/mol. The Morgan fingerprint density at radius 1 is 0.714 bits per heavy atom. The van der Waals surface area contributed by atoms with Crippen LogP contribution >= 0.6 is 0 Å². The molecule has 0 aliphatic heterocycles. The van der Waals surface area contributed by atoms with Gasteiger partial charge in [0.1, 0.15) is 11.5 Å². The van der Waals surface area contributed by atoms with Gasteiger partial charge in [0.2, 0.25) is 0 Å². The number of fused-ring (bicyclic) bond motifs is 17. The smallest absolute Gasteiger partial charge is 0.264 e. The minimum atomic E-state index is -3.73. The molecule has 0 radical (unpaired) electrons. The van der Waals surface area contributed by atoms with Gasteiger partial charge < -0.3 is 9.47 Å². The van der Waals surface area contributed by atoms with E-state index in [9.17, 15) is 16.8 Å². The Kier molecular flexibility index (Phi) is 5.44. The van der Waals surface area contributed by atoms with Gasteiger partial charge in [0.05, 0.1) is 39.9 Å². The van der Waals surface area contributed by atoms with Crippen LogP contribution in [0, 0.1) is 34.5 Å². The molecule has 0 saturated heterocycles. The van der Waals surface area contributed by atoms with Crippen molar-refractivity contribution >= 4 is 41.8 Å². The lowest BCUT2D eigenvalue weighted by Gasteiger charge is -2.71. The molecule has 222 valence electrons. The highest BCUT2D eigenvalue weighted by Gasteiger charge is 2.85. The molecule has 0 amide bonds. The van der Waals surface area contributed by atoms with E-state index in [1.807, 2.05) is 12.1 Å². The van der Waals surface area contributed by atoms with Crippen LogP contribution < -0.4 is 9.47 Å². The summed E-state index contributed by atoms with van der Waals surface area (Å²) in [4.78, 5) is 0. The van der Waals surface area contributed by atoms with Gasteiger partial charge in [0.25, 0.3) is 20.2 Å². The highest BCUT2D eigenvalue weighted by atomic mass is 32.2. The molecular weight excluding hydrogens is 576 g/mol.